The number of carbonyl (C=O) groups is 2. The summed E-state index contributed by atoms with van der Waals surface area (Å²) < 4.78 is 10.0. The molecule has 0 aromatic rings. The number of nitrogens with one attached hydrogen (secondary N) is 2. The van der Waals surface area contributed by atoms with E-state index in [2.05, 4.69) is 10.6 Å². The Morgan fingerprint density at radius 3 is 2.35 bits per heavy atom. The van der Waals surface area contributed by atoms with Gasteiger partial charge in [-0.3, -0.25) is 4.79 Å². The van der Waals surface area contributed by atoms with Crippen molar-refractivity contribution in [3.8, 4) is 0 Å². The Balaban J connectivity index is 3.49. The Kier molecular flexibility index (Phi) is 8.96. The van der Waals surface area contributed by atoms with E-state index in [1.165, 1.54) is 0 Å². The predicted octanol–water partition coefficient (Wildman–Crippen LogP) is 2.18. The van der Waals surface area contributed by atoms with Gasteiger partial charge in [0.25, 0.3) is 0 Å². The number of ether oxygens (including phenoxy) is 2. The van der Waals surface area contributed by atoms with Gasteiger partial charge >= 0.3 is 6.09 Å². The second-order valence-corrected chi connectivity index (χ2v) is 5.68. The summed E-state index contributed by atoms with van der Waals surface area (Å²) >= 11 is 0. The van der Waals surface area contributed by atoms with Crippen molar-refractivity contribution in [3.63, 3.8) is 0 Å². The molecule has 0 spiro atoms. The molecule has 0 saturated carbocycles. The summed E-state index contributed by atoms with van der Waals surface area (Å²) in [6.45, 7) is 7.82. The third kappa shape index (κ3) is 11.8. The molecular formula is C14H28N2O4. The number of amides is 2. The van der Waals surface area contributed by atoms with E-state index in [4.69, 9.17) is 9.47 Å². The fourth-order valence-corrected chi connectivity index (χ4v) is 1.45. The maximum atomic E-state index is 11.4. The fraction of sp³-hybridized carbons (Fsp3) is 0.857. The first-order valence-corrected chi connectivity index (χ1v) is 7.03. The standard InChI is InChI=1S/C14H28N2O4/c1-11(19-5)16-12(17)9-7-6-8-10-15-13(18)20-14(2,3)4/h11H,6-10H2,1-5H3,(H,15,18)(H,16,17). The van der Waals surface area contributed by atoms with Gasteiger partial charge in [-0.25, -0.2) is 4.79 Å². The minimum Gasteiger partial charge on any atom is -0.444 e. The molecule has 0 aliphatic rings. The van der Waals surface area contributed by atoms with Crippen LogP contribution in [0.5, 0.6) is 0 Å². The maximum Gasteiger partial charge on any atom is 0.407 e. The van der Waals surface area contributed by atoms with Crippen LogP contribution >= 0.6 is 0 Å². The number of unbranched alkanes of at least 4 members (excludes halogenated alkanes) is 2. The summed E-state index contributed by atoms with van der Waals surface area (Å²) in [6.07, 6.45) is 2.32. The Bertz CT molecular complexity index is 300. The summed E-state index contributed by atoms with van der Waals surface area (Å²) in [6, 6.07) is 0. The van der Waals surface area contributed by atoms with Gasteiger partial charge in [0.1, 0.15) is 11.8 Å². The highest BCUT2D eigenvalue weighted by Crippen LogP contribution is 2.06. The highest BCUT2D eigenvalue weighted by Gasteiger charge is 2.15. The molecule has 0 aromatic carbocycles. The number of rotatable bonds is 8. The zero-order valence-electron chi connectivity index (χ0n) is 13.2. The van der Waals surface area contributed by atoms with Crippen molar-refractivity contribution in [2.45, 2.75) is 65.2 Å². The van der Waals surface area contributed by atoms with Gasteiger partial charge < -0.3 is 20.1 Å². The van der Waals surface area contributed by atoms with E-state index in [0.717, 1.165) is 19.3 Å². The van der Waals surface area contributed by atoms with E-state index in [1.54, 1.807) is 14.0 Å². The van der Waals surface area contributed by atoms with E-state index in [0.29, 0.717) is 13.0 Å². The second-order valence-electron chi connectivity index (χ2n) is 5.68. The molecule has 118 valence electrons. The molecule has 1 unspecified atom stereocenters. The van der Waals surface area contributed by atoms with Crippen LogP contribution in [0, 0.1) is 0 Å². The summed E-state index contributed by atoms with van der Waals surface area (Å²) in [5.74, 6) is -0.0144. The molecule has 6 heteroatoms. The Morgan fingerprint density at radius 1 is 1.15 bits per heavy atom. The second kappa shape index (κ2) is 9.58. The molecule has 0 fully saturated rings. The third-order valence-corrected chi connectivity index (χ3v) is 2.47. The van der Waals surface area contributed by atoms with Crippen LogP contribution in [0.4, 0.5) is 4.79 Å². The van der Waals surface area contributed by atoms with E-state index < -0.39 is 11.7 Å². The Hall–Kier alpha value is -1.30. The monoisotopic (exact) mass is 288 g/mol. The minimum absolute atomic E-state index is 0.0144. The van der Waals surface area contributed by atoms with Crippen LogP contribution in [0.1, 0.15) is 53.4 Å². The van der Waals surface area contributed by atoms with E-state index in [9.17, 15) is 9.59 Å². The number of carbonyl (C=O) groups excluding carboxylic acids is 2. The quantitative estimate of drug-likeness (QED) is 0.530. The van der Waals surface area contributed by atoms with E-state index >= 15 is 0 Å². The van der Waals surface area contributed by atoms with E-state index in [1.807, 2.05) is 20.8 Å². The molecule has 0 aliphatic heterocycles. The van der Waals surface area contributed by atoms with Crippen LogP contribution < -0.4 is 10.6 Å². The zero-order valence-corrected chi connectivity index (χ0v) is 13.2. The van der Waals surface area contributed by atoms with Crippen molar-refractivity contribution in [1.82, 2.24) is 10.6 Å². The van der Waals surface area contributed by atoms with Crippen LogP contribution in [0.2, 0.25) is 0 Å². The molecule has 0 aromatic heterocycles. The average Bonchev–Trinajstić information content (AvgIpc) is 2.31. The normalized spacial score (nSPS) is 12.7. The molecule has 1 atom stereocenters. The molecule has 6 nitrogen and oxygen atoms in total. The van der Waals surface area contributed by atoms with Gasteiger partial charge in [-0.15, -0.1) is 0 Å². The first kappa shape index (κ1) is 18.7. The van der Waals surface area contributed by atoms with Gasteiger partial charge in [0.05, 0.1) is 0 Å². The average molecular weight is 288 g/mol. The highest BCUT2D eigenvalue weighted by molar-refractivity contribution is 5.75. The lowest BCUT2D eigenvalue weighted by Crippen LogP contribution is -2.33. The minimum atomic E-state index is -0.472. The van der Waals surface area contributed by atoms with E-state index in [-0.39, 0.29) is 12.1 Å². The van der Waals surface area contributed by atoms with Crippen LogP contribution in [-0.4, -0.2) is 37.5 Å². The summed E-state index contributed by atoms with van der Waals surface area (Å²) in [5, 5.41) is 5.40. The molecule has 2 amide bonds. The lowest BCUT2D eigenvalue weighted by atomic mass is 10.2. The van der Waals surface area contributed by atoms with Crippen molar-refractivity contribution in [2.24, 2.45) is 0 Å². The third-order valence-electron chi connectivity index (χ3n) is 2.47. The lowest BCUT2D eigenvalue weighted by molar-refractivity contribution is -0.124. The van der Waals surface area contributed by atoms with Crippen LogP contribution in [0.3, 0.4) is 0 Å². The summed E-state index contributed by atoms with van der Waals surface area (Å²) in [4.78, 5) is 22.8. The lowest BCUT2D eigenvalue weighted by Gasteiger charge is -2.19. The molecule has 0 aliphatic carbocycles. The predicted molar refractivity (Wildman–Crippen MR) is 77.3 cm³/mol. The van der Waals surface area contributed by atoms with Crippen molar-refractivity contribution in [3.05, 3.63) is 0 Å². The van der Waals surface area contributed by atoms with Gasteiger partial charge in [-0.2, -0.15) is 0 Å². The molecule has 0 rings (SSSR count). The van der Waals surface area contributed by atoms with Crippen molar-refractivity contribution in [2.75, 3.05) is 13.7 Å². The van der Waals surface area contributed by atoms with Crippen molar-refractivity contribution >= 4 is 12.0 Å². The van der Waals surface area contributed by atoms with Crippen molar-refractivity contribution < 1.29 is 19.1 Å². The first-order chi connectivity index (χ1) is 9.24. The summed E-state index contributed by atoms with van der Waals surface area (Å²) in [7, 11) is 1.55. The molecule has 0 heterocycles. The Morgan fingerprint density at radius 2 is 1.80 bits per heavy atom. The van der Waals surface area contributed by atoms with Gasteiger partial charge in [-0.1, -0.05) is 6.42 Å². The smallest absolute Gasteiger partial charge is 0.407 e. The Labute approximate surface area is 121 Å². The van der Waals surface area contributed by atoms with Crippen LogP contribution in [0.25, 0.3) is 0 Å². The van der Waals surface area contributed by atoms with Crippen LogP contribution in [-0.2, 0) is 14.3 Å². The largest absolute Gasteiger partial charge is 0.444 e. The summed E-state index contributed by atoms with van der Waals surface area (Å²) in [5.41, 5.74) is -0.472. The maximum absolute atomic E-state index is 11.4. The molecule has 0 bridgehead atoms. The number of hydrogen-bond donors (Lipinski definition) is 2. The first-order valence-electron chi connectivity index (χ1n) is 7.03. The molecule has 2 N–H and O–H groups in total. The topological polar surface area (TPSA) is 76.7 Å². The number of alkyl carbamates (subject to hydrolysis) is 1. The van der Waals surface area contributed by atoms with Crippen LogP contribution in [0.15, 0.2) is 0 Å². The number of hydrogen-bond acceptors (Lipinski definition) is 4. The SMILES string of the molecule is COC(C)NC(=O)CCCCCNC(=O)OC(C)(C)C. The van der Waals surface area contributed by atoms with Gasteiger partial charge in [0.2, 0.25) is 5.91 Å². The van der Waals surface area contributed by atoms with Crippen molar-refractivity contribution in [1.29, 1.82) is 0 Å². The zero-order chi connectivity index (χ0) is 15.6. The molecule has 20 heavy (non-hydrogen) atoms. The van der Waals surface area contributed by atoms with Gasteiger partial charge in [0, 0.05) is 20.1 Å². The van der Waals surface area contributed by atoms with Gasteiger partial charge in [0.15, 0.2) is 0 Å². The number of methoxy groups -OCH3 is 1. The van der Waals surface area contributed by atoms with Gasteiger partial charge in [-0.05, 0) is 40.5 Å². The molecule has 0 radical (unpaired) electrons. The molecule has 0 saturated heterocycles. The highest BCUT2D eigenvalue weighted by atomic mass is 16.6. The molecular weight excluding hydrogens is 260 g/mol. The fourth-order valence-electron chi connectivity index (χ4n) is 1.45.